The second kappa shape index (κ2) is 5.92. The van der Waals surface area contributed by atoms with Crippen molar-refractivity contribution in [1.29, 1.82) is 0 Å². The molecule has 0 aliphatic carbocycles. The number of ether oxygens (including phenoxy) is 1. The van der Waals surface area contributed by atoms with Crippen LogP contribution >= 0.6 is 11.6 Å². The number of carbonyl (C=O) groups excluding carboxylic acids is 1. The normalized spacial score (nSPS) is 10.4. The molecule has 1 aromatic carbocycles. The molecule has 1 heterocycles. The number of esters is 1. The van der Waals surface area contributed by atoms with Gasteiger partial charge in [0.1, 0.15) is 5.82 Å². The fourth-order valence-electron chi connectivity index (χ4n) is 1.69. The highest BCUT2D eigenvalue weighted by atomic mass is 35.5. The lowest BCUT2D eigenvalue weighted by Gasteiger charge is -2.08. The van der Waals surface area contributed by atoms with Crippen molar-refractivity contribution in [3.05, 3.63) is 56.1 Å². The topological polar surface area (TPSA) is 81.2 Å². The molecule has 110 valence electrons. The zero-order chi connectivity index (χ0) is 15.6. The number of aromatic amines is 1. The Balaban J connectivity index is 2.59. The summed E-state index contributed by atoms with van der Waals surface area (Å²) in [5.41, 5.74) is -1.37. The van der Waals surface area contributed by atoms with Gasteiger partial charge in [-0.25, -0.2) is 13.8 Å². The van der Waals surface area contributed by atoms with Crippen LogP contribution in [-0.2, 0) is 16.3 Å². The van der Waals surface area contributed by atoms with Crippen LogP contribution in [0.15, 0.2) is 34.0 Å². The number of hydrogen-bond acceptors (Lipinski definition) is 4. The van der Waals surface area contributed by atoms with Crippen LogP contribution in [0.1, 0.15) is 6.92 Å². The van der Waals surface area contributed by atoms with Crippen molar-refractivity contribution in [3.63, 3.8) is 0 Å². The largest absolute Gasteiger partial charge is 0.444 e. The molecule has 0 atom stereocenters. The van der Waals surface area contributed by atoms with Gasteiger partial charge in [0, 0.05) is 18.7 Å². The van der Waals surface area contributed by atoms with Crippen LogP contribution in [0, 0.1) is 5.82 Å². The third-order valence-electron chi connectivity index (χ3n) is 2.70. The van der Waals surface area contributed by atoms with Gasteiger partial charge in [-0.3, -0.25) is 9.59 Å². The summed E-state index contributed by atoms with van der Waals surface area (Å²) >= 11 is 5.82. The minimum Gasteiger partial charge on any atom is -0.444 e. The Hall–Kier alpha value is -2.41. The Labute approximate surface area is 122 Å². The minimum absolute atomic E-state index is 0.00810. The van der Waals surface area contributed by atoms with Crippen LogP contribution in [0.5, 0.6) is 0 Å². The number of carbonyl (C=O) groups is 1. The quantitative estimate of drug-likeness (QED) is 0.871. The highest BCUT2D eigenvalue weighted by molar-refractivity contribution is 6.33. The van der Waals surface area contributed by atoms with Crippen LogP contribution in [0.4, 0.5) is 4.39 Å². The Morgan fingerprint density at radius 3 is 2.76 bits per heavy atom. The summed E-state index contributed by atoms with van der Waals surface area (Å²) in [4.78, 5) is 36.9. The summed E-state index contributed by atoms with van der Waals surface area (Å²) in [5.74, 6) is -1.33. The van der Waals surface area contributed by atoms with Gasteiger partial charge in [0.05, 0.1) is 10.6 Å². The first-order chi connectivity index (χ1) is 9.91. The monoisotopic (exact) mass is 312 g/mol. The molecule has 0 fully saturated rings. The van der Waals surface area contributed by atoms with E-state index in [9.17, 15) is 18.8 Å². The first-order valence-corrected chi connectivity index (χ1v) is 6.20. The van der Waals surface area contributed by atoms with Gasteiger partial charge in [-0.2, -0.15) is 0 Å². The van der Waals surface area contributed by atoms with E-state index in [0.29, 0.717) is 4.57 Å². The summed E-state index contributed by atoms with van der Waals surface area (Å²) in [6.07, 6.45) is 1.13. The molecular weight excluding hydrogens is 303 g/mol. The molecule has 8 heteroatoms. The smallest absolute Gasteiger partial charge is 0.331 e. The van der Waals surface area contributed by atoms with Crippen LogP contribution in [0.3, 0.4) is 0 Å². The van der Waals surface area contributed by atoms with E-state index < -0.39 is 29.8 Å². The number of rotatable bonds is 3. The van der Waals surface area contributed by atoms with Crippen molar-refractivity contribution in [3.8, 4) is 11.1 Å². The Morgan fingerprint density at radius 2 is 2.10 bits per heavy atom. The van der Waals surface area contributed by atoms with Gasteiger partial charge in [0.15, 0.2) is 6.73 Å². The van der Waals surface area contributed by atoms with Crippen LogP contribution in [0.25, 0.3) is 11.1 Å². The second-order valence-electron chi connectivity index (χ2n) is 4.11. The number of hydrogen-bond donors (Lipinski definition) is 1. The number of halogens is 2. The maximum Gasteiger partial charge on any atom is 0.331 e. The van der Waals surface area contributed by atoms with Crippen molar-refractivity contribution in [2.75, 3.05) is 0 Å². The summed E-state index contributed by atoms with van der Waals surface area (Å²) in [7, 11) is 0. The van der Waals surface area contributed by atoms with Gasteiger partial charge in [0.25, 0.3) is 5.56 Å². The van der Waals surface area contributed by atoms with Crippen LogP contribution in [0.2, 0.25) is 5.02 Å². The van der Waals surface area contributed by atoms with Gasteiger partial charge >= 0.3 is 11.7 Å². The molecule has 1 N–H and O–H groups in total. The van der Waals surface area contributed by atoms with Crippen molar-refractivity contribution >= 4 is 17.6 Å². The first-order valence-electron chi connectivity index (χ1n) is 5.82. The minimum atomic E-state index is -0.752. The predicted octanol–water partition coefficient (Wildman–Crippen LogP) is 1.52. The van der Waals surface area contributed by atoms with Crippen molar-refractivity contribution in [2.45, 2.75) is 13.7 Å². The molecule has 0 radical (unpaired) electrons. The zero-order valence-corrected chi connectivity index (χ0v) is 11.6. The average molecular weight is 313 g/mol. The fraction of sp³-hybridized carbons (Fsp3) is 0.154. The summed E-state index contributed by atoms with van der Waals surface area (Å²) in [6.45, 7) is 0.608. The number of H-pyrrole nitrogens is 1. The van der Waals surface area contributed by atoms with E-state index >= 15 is 0 Å². The summed E-state index contributed by atoms with van der Waals surface area (Å²) < 4.78 is 18.8. The molecule has 0 aliphatic heterocycles. The molecule has 0 aliphatic rings. The number of aromatic nitrogens is 2. The molecule has 0 saturated carbocycles. The lowest BCUT2D eigenvalue weighted by atomic mass is 10.1. The number of nitrogens with zero attached hydrogens (tertiary/aromatic N) is 1. The predicted molar refractivity (Wildman–Crippen MR) is 73.5 cm³/mol. The standard InChI is InChI=1S/C13H10ClFN2O4/c1-7(18)21-6-17-12(19)9(5-16-13(17)20)8-3-2-4-10(15)11(8)14/h2-5H,6H2,1H3,(H,16,20). The van der Waals surface area contributed by atoms with Crippen LogP contribution < -0.4 is 11.2 Å². The summed E-state index contributed by atoms with van der Waals surface area (Å²) in [5, 5.41) is -0.235. The average Bonchev–Trinajstić information content (AvgIpc) is 2.42. The molecule has 0 saturated heterocycles. The highest BCUT2D eigenvalue weighted by Gasteiger charge is 2.14. The van der Waals surface area contributed by atoms with Gasteiger partial charge in [-0.05, 0) is 6.07 Å². The van der Waals surface area contributed by atoms with Gasteiger partial charge in [-0.1, -0.05) is 23.7 Å². The molecule has 6 nitrogen and oxygen atoms in total. The molecule has 0 bridgehead atoms. The zero-order valence-electron chi connectivity index (χ0n) is 10.9. The van der Waals surface area contributed by atoms with Gasteiger partial charge in [-0.15, -0.1) is 0 Å². The van der Waals surface area contributed by atoms with Gasteiger partial charge < -0.3 is 9.72 Å². The van der Waals surface area contributed by atoms with E-state index in [0.717, 1.165) is 19.2 Å². The second-order valence-corrected chi connectivity index (χ2v) is 4.49. The maximum atomic E-state index is 13.4. The van der Waals surface area contributed by atoms with E-state index in [2.05, 4.69) is 9.72 Å². The number of nitrogens with one attached hydrogen (secondary N) is 1. The van der Waals surface area contributed by atoms with E-state index in [1.807, 2.05) is 0 Å². The molecular formula is C13H10ClFN2O4. The van der Waals surface area contributed by atoms with E-state index in [1.54, 1.807) is 0 Å². The SMILES string of the molecule is CC(=O)OCn1c(=O)[nH]cc(-c2cccc(F)c2Cl)c1=O. The lowest BCUT2D eigenvalue weighted by molar-refractivity contribution is -0.144. The fourth-order valence-corrected chi connectivity index (χ4v) is 1.92. The maximum absolute atomic E-state index is 13.4. The Bertz CT molecular complexity index is 813. The third-order valence-corrected chi connectivity index (χ3v) is 3.08. The third kappa shape index (κ3) is 3.03. The summed E-state index contributed by atoms with van der Waals surface area (Å²) in [6, 6.07) is 3.98. The molecule has 2 aromatic rings. The molecule has 21 heavy (non-hydrogen) atoms. The van der Waals surface area contributed by atoms with Crippen molar-refractivity contribution in [1.82, 2.24) is 9.55 Å². The number of benzene rings is 1. The molecule has 0 amide bonds. The molecule has 2 rings (SSSR count). The van der Waals surface area contributed by atoms with Crippen molar-refractivity contribution < 1.29 is 13.9 Å². The Morgan fingerprint density at radius 1 is 1.38 bits per heavy atom. The molecule has 0 unspecified atom stereocenters. The first kappa shape index (κ1) is 15.0. The molecule has 1 aromatic heterocycles. The van der Waals surface area contributed by atoms with E-state index in [4.69, 9.17) is 11.6 Å². The lowest BCUT2D eigenvalue weighted by Crippen LogP contribution is -2.36. The van der Waals surface area contributed by atoms with E-state index in [1.165, 1.54) is 12.1 Å². The van der Waals surface area contributed by atoms with Crippen LogP contribution in [-0.4, -0.2) is 15.5 Å². The van der Waals surface area contributed by atoms with Crippen molar-refractivity contribution in [2.24, 2.45) is 0 Å². The van der Waals surface area contributed by atoms with E-state index in [-0.39, 0.29) is 16.1 Å². The molecule has 0 spiro atoms. The van der Waals surface area contributed by atoms with Gasteiger partial charge in [0.2, 0.25) is 0 Å². The Kier molecular flexibility index (Phi) is 4.23. The highest BCUT2D eigenvalue weighted by Crippen LogP contribution is 2.27.